The lowest BCUT2D eigenvalue weighted by Crippen LogP contribution is -2.55. The van der Waals surface area contributed by atoms with Gasteiger partial charge < -0.3 is 19.8 Å². The fourth-order valence-electron chi connectivity index (χ4n) is 2.52. The molecule has 1 aromatic carbocycles. The molecule has 1 saturated heterocycles. The van der Waals surface area contributed by atoms with Crippen molar-refractivity contribution in [1.29, 1.82) is 0 Å². The van der Waals surface area contributed by atoms with Crippen LogP contribution in [0.15, 0.2) is 10.6 Å². The molecule has 2 amide bonds. The topological polar surface area (TPSA) is 109 Å². The number of nitrogens with zero attached hydrogens (tertiary/aromatic N) is 3. The zero-order valence-corrected chi connectivity index (χ0v) is 13.4. The molecule has 2 heterocycles. The molecule has 0 saturated carbocycles. The van der Waals surface area contributed by atoms with Crippen LogP contribution >= 0.6 is 0 Å². The van der Waals surface area contributed by atoms with Gasteiger partial charge in [-0.25, -0.2) is 8.78 Å². The number of amides is 2. The van der Waals surface area contributed by atoms with Crippen LogP contribution in [0.2, 0.25) is 0 Å². The number of rotatable bonds is 3. The first-order valence-electron chi connectivity index (χ1n) is 7.61. The average Bonchev–Trinajstić information content (AvgIpc) is 3.11. The second-order valence-corrected chi connectivity index (χ2v) is 5.66. The first-order valence-corrected chi connectivity index (χ1v) is 7.61. The number of hydrogen-bond acceptors (Lipinski definition) is 6. The Hall–Kier alpha value is -3.11. The van der Waals surface area contributed by atoms with Gasteiger partial charge in [-0.1, -0.05) is 12.1 Å². The molecule has 26 heavy (non-hydrogen) atoms. The van der Waals surface area contributed by atoms with E-state index in [1.54, 1.807) is 0 Å². The number of phenolic OH excluding ortho intramolecular Hbond substituents is 1. The molecular formula is C15H13F3N4O4. The van der Waals surface area contributed by atoms with E-state index >= 15 is 0 Å². The molecule has 3 rings (SSSR count). The summed E-state index contributed by atoms with van der Waals surface area (Å²) in [7, 11) is 0. The smallest absolute Gasteiger partial charge is 0.295 e. The van der Waals surface area contributed by atoms with Gasteiger partial charge in [-0.05, 0) is 12.5 Å². The quantitative estimate of drug-likeness (QED) is 0.787. The third kappa shape index (κ3) is 3.07. The minimum absolute atomic E-state index is 0.209. The average molecular weight is 370 g/mol. The van der Waals surface area contributed by atoms with Crippen molar-refractivity contribution in [2.24, 2.45) is 0 Å². The maximum absolute atomic E-state index is 13.9. The van der Waals surface area contributed by atoms with Crippen molar-refractivity contribution < 1.29 is 32.4 Å². The van der Waals surface area contributed by atoms with E-state index in [0.29, 0.717) is 12.5 Å². The first-order chi connectivity index (χ1) is 12.3. The molecule has 0 aliphatic carbocycles. The van der Waals surface area contributed by atoms with Gasteiger partial charge in [0.2, 0.25) is 11.7 Å². The zero-order chi connectivity index (χ0) is 19.0. The maximum atomic E-state index is 13.9. The second-order valence-electron chi connectivity index (χ2n) is 5.66. The lowest BCUT2D eigenvalue weighted by molar-refractivity contribution is -0.124. The summed E-state index contributed by atoms with van der Waals surface area (Å²) in [6.45, 7) is 1.86. The predicted octanol–water partition coefficient (Wildman–Crippen LogP) is 1.21. The highest BCUT2D eigenvalue weighted by molar-refractivity contribution is 5.94. The van der Waals surface area contributed by atoms with Crippen molar-refractivity contribution >= 4 is 11.8 Å². The number of carbonyl (C=O) groups excluding carboxylic acids is 2. The van der Waals surface area contributed by atoms with E-state index in [4.69, 9.17) is 4.52 Å². The molecule has 1 fully saturated rings. The summed E-state index contributed by atoms with van der Waals surface area (Å²) in [5, 5.41) is 15.3. The van der Waals surface area contributed by atoms with Crippen molar-refractivity contribution in [2.45, 2.75) is 19.4 Å². The molecule has 1 unspecified atom stereocenters. The van der Waals surface area contributed by atoms with Crippen LogP contribution in [-0.2, 0) is 4.79 Å². The van der Waals surface area contributed by atoms with Gasteiger partial charge in [0, 0.05) is 12.6 Å². The van der Waals surface area contributed by atoms with E-state index in [0.717, 1.165) is 0 Å². The van der Waals surface area contributed by atoms with Crippen LogP contribution < -0.4 is 5.32 Å². The van der Waals surface area contributed by atoms with Gasteiger partial charge in [-0.3, -0.25) is 9.59 Å². The standard InChI is InChI=1S/C15H13F3N4O4/c1-2-6-4-22(5-9(23)19-6)15(25)13-20-14(26-21-13)7-3-8(16)11(18)12(24)10(7)17/h3,6,24H,2,4-5H2,1H3,(H,19,23). The van der Waals surface area contributed by atoms with Gasteiger partial charge in [0.05, 0.1) is 5.56 Å². The Bertz CT molecular complexity index is 886. The van der Waals surface area contributed by atoms with Crippen molar-refractivity contribution in [1.82, 2.24) is 20.4 Å². The Balaban J connectivity index is 1.89. The third-order valence-corrected chi connectivity index (χ3v) is 3.90. The molecule has 0 radical (unpaired) electrons. The minimum atomic E-state index is -1.76. The minimum Gasteiger partial charge on any atom is -0.503 e. The fraction of sp³-hybridized carbons (Fsp3) is 0.333. The highest BCUT2D eigenvalue weighted by atomic mass is 19.2. The van der Waals surface area contributed by atoms with Gasteiger partial charge in [0.25, 0.3) is 17.6 Å². The van der Waals surface area contributed by atoms with Gasteiger partial charge in [0.15, 0.2) is 17.4 Å². The van der Waals surface area contributed by atoms with Gasteiger partial charge in [-0.2, -0.15) is 9.37 Å². The summed E-state index contributed by atoms with van der Waals surface area (Å²) < 4.78 is 45.1. The Labute approximate surface area is 144 Å². The molecule has 1 aliphatic rings. The number of aromatic hydroxyl groups is 1. The summed E-state index contributed by atoms with van der Waals surface area (Å²) in [5.41, 5.74) is -0.698. The molecule has 0 bridgehead atoms. The van der Waals surface area contributed by atoms with E-state index in [1.165, 1.54) is 4.90 Å². The summed E-state index contributed by atoms with van der Waals surface area (Å²) >= 11 is 0. The lowest BCUT2D eigenvalue weighted by atomic mass is 10.1. The molecule has 1 aliphatic heterocycles. The highest BCUT2D eigenvalue weighted by Gasteiger charge is 2.31. The SMILES string of the molecule is CCC1CN(C(=O)c2noc(-c3cc(F)c(F)c(O)c3F)n2)CC(=O)N1. The first kappa shape index (κ1) is 17.7. The Morgan fingerprint density at radius 1 is 1.42 bits per heavy atom. The van der Waals surface area contributed by atoms with Crippen LogP contribution in [0.3, 0.4) is 0 Å². The van der Waals surface area contributed by atoms with Crippen LogP contribution in [0.5, 0.6) is 5.75 Å². The molecule has 1 atom stereocenters. The molecule has 8 nitrogen and oxygen atoms in total. The summed E-state index contributed by atoms with van der Waals surface area (Å²) in [4.78, 5) is 28.9. The monoisotopic (exact) mass is 370 g/mol. The third-order valence-electron chi connectivity index (χ3n) is 3.90. The van der Waals surface area contributed by atoms with E-state index in [9.17, 15) is 27.9 Å². The molecule has 0 spiro atoms. The summed E-state index contributed by atoms with van der Waals surface area (Å²) in [6, 6.07) is 0.195. The van der Waals surface area contributed by atoms with E-state index in [2.05, 4.69) is 15.5 Å². The summed E-state index contributed by atoms with van der Waals surface area (Å²) in [6.07, 6.45) is 0.604. The Morgan fingerprint density at radius 3 is 2.85 bits per heavy atom. The highest BCUT2D eigenvalue weighted by Crippen LogP contribution is 2.31. The van der Waals surface area contributed by atoms with Crippen molar-refractivity contribution in [3.8, 4) is 17.2 Å². The van der Waals surface area contributed by atoms with Crippen molar-refractivity contribution in [3.05, 3.63) is 29.3 Å². The molecule has 2 aromatic rings. The lowest BCUT2D eigenvalue weighted by Gasteiger charge is -2.31. The molecule has 2 N–H and O–H groups in total. The summed E-state index contributed by atoms with van der Waals surface area (Å²) in [5.74, 6) is -8.51. The normalized spacial score (nSPS) is 17.3. The molecule has 1 aromatic heterocycles. The van der Waals surface area contributed by atoms with E-state index < -0.39 is 46.4 Å². The van der Waals surface area contributed by atoms with Crippen LogP contribution in [-0.4, -0.2) is 51.1 Å². The molecule has 11 heteroatoms. The number of nitrogens with one attached hydrogen (secondary N) is 1. The van der Waals surface area contributed by atoms with E-state index in [-0.39, 0.29) is 25.0 Å². The molecule has 138 valence electrons. The fourth-order valence-corrected chi connectivity index (χ4v) is 2.52. The zero-order valence-electron chi connectivity index (χ0n) is 13.4. The number of phenols is 1. The maximum Gasteiger partial charge on any atom is 0.295 e. The van der Waals surface area contributed by atoms with Gasteiger partial charge >= 0.3 is 0 Å². The van der Waals surface area contributed by atoms with E-state index in [1.807, 2.05) is 6.92 Å². The Kier molecular flexibility index (Phi) is 4.53. The number of halogens is 3. The van der Waals surface area contributed by atoms with Crippen molar-refractivity contribution in [2.75, 3.05) is 13.1 Å². The largest absolute Gasteiger partial charge is 0.503 e. The number of carbonyl (C=O) groups is 2. The van der Waals surface area contributed by atoms with Crippen molar-refractivity contribution in [3.63, 3.8) is 0 Å². The van der Waals surface area contributed by atoms with Crippen LogP contribution in [0.4, 0.5) is 13.2 Å². The number of benzene rings is 1. The number of piperazine rings is 1. The number of aromatic nitrogens is 2. The second kappa shape index (κ2) is 6.65. The predicted molar refractivity (Wildman–Crippen MR) is 79.4 cm³/mol. The number of hydrogen-bond donors (Lipinski definition) is 2. The molecular weight excluding hydrogens is 357 g/mol. The van der Waals surface area contributed by atoms with Crippen LogP contribution in [0.25, 0.3) is 11.5 Å². The van der Waals surface area contributed by atoms with Gasteiger partial charge in [-0.15, -0.1) is 0 Å². The Morgan fingerprint density at radius 2 is 2.15 bits per heavy atom. The van der Waals surface area contributed by atoms with Gasteiger partial charge in [0.1, 0.15) is 6.54 Å². The van der Waals surface area contributed by atoms with Crippen LogP contribution in [0.1, 0.15) is 24.0 Å². The van der Waals surface area contributed by atoms with Crippen LogP contribution in [0, 0.1) is 17.5 Å².